The van der Waals surface area contributed by atoms with Gasteiger partial charge in [0, 0.05) is 18.5 Å². The van der Waals surface area contributed by atoms with Gasteiger partial charge in [0.15, 0.2) is 0 Å². The zero-order chi connectivity index (χ0) is 9.40. The maximum Gasteiger partial charge on any atom is 0.0999 e. The zero-order valence-corrected chi connectivity index (χ0v) is 8.60. The molecule has 0 aromatic rings. The molecule has 1 unspecified atom stereocenters. The van der Waals surface area contributed by atoms with Crippen LogP contribution in [0.5, 0.6) is 0 Å². The molecule has 0 saturated carbocycles. The first-order chi connectivity index (χ1) is 5.76. The molecule has 0 rings (SSSR count). The van der Waals surface area contributed by atoms with E-state index in [-0.39, 0.29) is 0 Å². The van der Waals surface area contributed by atoms with E-state index in [0.29, 0.717) is 11.8 Å². The van der Waals surface area contributed by atoms with Gasteiger partial charge in [0.05, 0.1) is 5.04 Å². The molecule has 0 amide bonds. The molecule has 1 atom stereocenters. The summed E-state index contributed by atoms with van der Waals surface area (Å²) in [5.74, 6) is 1.01. The minimum atomic E-state index is 0.453. The van der Waals surface area contributed by atoms with Crippen molar-refractivity contribution in [2.75, 3.05) is 5.88 Å². The van der Waals surface area contributed by atoms with Crippen molar-refractivity contribution in [3.63, 3.8) is 0 Å². The predicted molar refractivity (Wildman–Crippen MR) is 57.7 cm³/mol. The number of rotatable bonds is 5. The summed E-state index contributed by atoms with van der Waals surface area (Å²) in [5.41, 5.74) is 5.41. The Morgan fingerprint density at radius 2 is 2.33 bits per heavy atom. The van der Waals surface area contributed by atoms with Crippen molar-refractivity contribution in [1.29, 1.82) is 0 Å². The van der Waals surface area contributed by atoms with Gasteiger partial charge < -0.3 is 5.73 Å². The third kappa shape index (κ3) is 4.51. The monoisotopic (exact) mass is 187 g/mol. The second-order valence-electron chi connectivity index (χ2n) is 2.58. The van der Waals surface area contributed by atoms with Crippen LogP contribution in [0, 0.1) is 5.92 Å². The fourth-order valence-electron chi connectivity index (χ4n) is 0.981. The first-order valence-electron chi connectivity index (χ1n) is 4.12. The number of hydrogen-bond donors (Lipinski definition) is 1. The summed E-state index contributed by atoms with van der Waals surface area (Å²) in [6.07, 6.45) is 2.28. The Labute approximate surface area is 78.5 Å². The molecule has 12 heavy (non-hydrogen) atoms. The summed E-state index contributed by atoms with van der Waals surface area (Å²) in [6, 6.07) is 0. The third-order valence-corrected chi connectivity index (χ3v) is 2.49. The third-order valence-electron chi connectivity index (χ3n) is 1.54. The van der Waals surface area contributed by atoms with Crippen LogP contribution < -0.4 is 5.73 Å². The maximum absolute atomic E-state index is 5.41. The van der Waals surface area contributed by atoms with E-state index >= 15 is 0 Å². The van der Waals surface area contributed by atoms with E-state index in [4.69, 9.17) is 5.73 Å². The fourth-order valence-corrected chi connectivity index (χ4v) is 1.67. The lowest BCUT2D eigenvalue weighted by Gasteiger charge is -2.10. The Morgan fingerprint density at radius 1 is 1.67 bits per heavy atom. The Balaban J connectivity index is 4.08. The van der Waals surface area contributed by atoms with Crippen LogP contribution in [-0.4, -0.2) is 17.6 Å². The molecule has 4 heteroatoms. The zero-order valence-electron chi connectivity index (χ0n) is 7.79. The highest BCUT2D eigenvalue weighted by Crippen LogP contribution is 2.16. The molecule has 2 N–H and O–H groups in total. The van der Waals surface area contributed by atoms with E-state index in [0.717, 1.165) is 17.9 Å². The van der Waals surface area contributed by atoms with Crippen molar-refractivity contribution in [3.8, 4) is 0 Å². The van der Waals surface area contributed by atoms with E-state index in [1.165, 1.54) is 0 Å². The average molecular weight is 187 g/mol. The van der Waals surface area contributed by atoms with Crippen LogP contribution in [0.3, 0.4) is 0 Å². The fraction of sp³-hybridized carbons (Fsp3) is 0.750. The van der Waals surface area contributed by atoms with Crippen LogP contribution in [0.1, 0.15) is 26.7 Å². The SMILES string of the molecule is C=N/N=C(\SCN)C(C)CCC. The molecule has 0 aromatic carbocycles. The van der Waals surface area contributed by atoms with Gasteiger partial charge in [-0.25, -0.2) is 0 Å². The van der Waals surface area contributed by atoms with Gasteiger partial charge in [-0.15, -0.1) is 5.10 Å². The number of thioether (sulfide) groups is 1. The van der Waals surface area contributed by atoms with Gasteiger partial charge in [-0.1, -0.05) is 32.0 Å². The van der Waals surface area contributed by atoms with Crippen molar-refractivity contribution in [2.45, 2.75) is 26.7 Å². The molecule has 70 valence electrons. The van der Waals surface area contributed by atoms with Crippen molar-refractivity contribution in [1.82, 2.24) is 0 Å². The lowest BCUT2D eigenvalue weighted by molar-refractivity contribution is 0.672. The molecule has 0 aliphatic heterocycles. The van der Waals surface area contributed by atoms with Crippen LogP contribution in [0.25, 0.3) is 0 Å². The van der Waals surface area contributed by atoms with E-state index in [9.17, 15) is 0 Å². The minimum absolute atomic E-state index is 0.453. The smallest absolute Gasteiger partial charge is 0.0999 e. The van der Waals surface area contributed by atoms with E-state index < -0.39 is 0 Å². The van der Waals surface area contributed by atoms with Crippen molar-refractivity contribution >= 4 is 23.5 Å². The lowest BCUT2D eigenvalue weighted by atomic mass is 10.1. The molecule has 3 nitrogen and oxygen atoms in total. The summed E-state index contributed by atoms with van der Waals surface area (Å²) in [5, 5.41) is 8.46. The lowest BCUT2D eigenvalue weighted by Crippen LogP contribution is -2.09. The summed E-state index contributed by atoms with van der Waals surface area (Å²) in [7, 11) is 0. The van der Waals surface area contributed by atoms with E-state index in [1.54, 1.807) is 11.8 Å². The Hall–Kier alpha value is -0.350. The number of nitrogens with zero attached hydrogens (tertiary/aromatic N) is 2. The van der Waals surface area contributed by atoms with Crippen molar-refractivity contribution in [3.05, 3.63) is 0 Å². The summed E-state index contributed by atoms with van der Waals surface area (Å²) in [4.78, 5) is 0. The Morgan fingerprint density at radius 3 is 2.75 bits per heavy atom. The molecule has 0 radical (unpaired) electrons. The molecular weight excluding hydrogens is 170 g/mol. The molecule has 0 saturated heterocycles. The van der Waals surface area contributed by atoms with Gasteiger partial charge in [0.1, 0.15) is 0 Å². The van der Waals surface area contributed by atoms with Crippen molar-refractivity contribution < 1.29 is 0 Å². The van der Waals surface area contributed by atoms with Crippen molar-refractivity contribution in [2.24, 2.45) is 21.9 Å². The summed E-state index contributed by atoms with van der Waals surface area (Å²) >= 11 is 1.54. The highest BCUT2D eigenvalue weighted by molar-refractivity contribution is 8.13. The predicted octanol–water partition coefficient (Wildman–Crippen LogP) is 2.09. The first-order valence-corrected chi connectivity index (χ1v) is 5.11. The van der Waals surface area contributed by atoms with Crippen LogP contribution in [-0.2, 0) is 0 Å². The van der Waals surface area contributed by atoms with Gasteiger partial charge in [-0.3, -0.25) is 0 Å². The Bertz CT molecular complexity index is 156. The molecular formula is C8H17N3S. The minimum Gasteiger partial charge on any atom is -0.322 e. The van der Waals surface area contributed by atoms with Crippen LogP contribution >= 0.6 is 11.8 Å². The number of nitrogens with two attached hydrogens (primary N) is 1. The molecule has 0 bridgehead atoms. The quantitative estimate of drug-likeness (QED) is 0.310. The van der Waals surface area contributed by atoms with Gasteiger partial charge in [-0.05, 0) is 6.42 Å². The average Bonchev–Trinajstić information content (AvgIpc) is 2.04. The molecule has 0 aliphatic rings. The van der Waals surface area contributed by atoms with Gasteiger partial charge in [0.2, 0.25) is 0 Å². The maximum atomic E-state index is 5.41. The standard InChI is InChI=1S/C8H17N3S/c1-4-5-7(2)8(11-10-3)12-6-9/h7H,3-6,9H2,1-2H3/b11-8-. The van der Waals surface area contributed by atoms with E-state index in [1.807, 2.05) is 0 Å². The van der Waals surface area contributed by atoms with Gasteiger partial charge in [-0.2, -0.15) is 5.10 Å². The Kier molecular flexibility index (Phi) is 7.09. The molecule has 0 fully saturated rings. The van der Waals surface area contributed by atoms with Crippen LogP contribution in [0.4, 0.5) is 0 Å². The normalized spacial score (nSPS) is 14.4. The highest BCUT2D eigenvalue weighted by Gasteiger charge is 2.09. The topological polar surface area (TPSA) is 50.7 Å². The van der Waals surface area contributed by atoms with Crippen LogP contribution in [0.2, 0.25) is 0 Å². The molecule has 0 heterocycles. The molecule has 0 spiro atoms. The second kappa shape index (κ2) is 7.31. The molecule has 0 aromatic heterocycles. The largest absolute Gasteiger partial charge is 0.322 e. The van der Waals surface area contributed by atoms with Gasteiger partial charge >= 0.3 is 0 Å². The number of hydrogen-bond acceptors (Lipinski definition) is 4. The summed E-state index contributed by atoms with van der Waals surface area (Å²) in [6.45, 7) is 7.62. The molecule has 0 aliphatic carbocycles. The van der Waals surface area contributed by atoms with Gasteiger partial charge in [0.25, 0.3) is 0 Å². The highest BCUT2D eigenvalue weighted by atomic mass is 32.2. The van der Waals surface area contributed by atoms with Crippen LogP contribution in [0.15, 0.2) is 10.2 Å². The first kappa shape index (κ1) is 11.6. The summed E-state index contributed by atoms with van der Waals surface area (Å²) < 4.78 is 0. The van der Waals surface area contributed by atoms with E-state index in [2.05, 4.69) is 30.8 Å². The second-order valence-corrected chi connectivity index (χ2v) is 3.62.